The van der Waals surface area contributed by atoms with Gasteiger partial charge in [0.15, 0.2) is 0 Å². The predicted molar refractivity (Wildman–Crippen MR) is 107 cm³/mol. The minimum atomic E-state index is -2.57. The van der Waals surface area contributed by atoms with Crippen molar-refractivity contribution in [3.8, 4) is 11.3 Å². The molecule has 10 heteroatoms. The largest absolute Gasteiger partial charge is 0.354 e. The first kappa shape index (κ1) is 18.6. The molecule has 1 fully saturated rings. The lowest BCUT2D eigenvalue weighted by Crippen LogP contribution is -2.47. The molecule has 0 N–H and O–H groups in total. The van der Waals surface area contributed by atoms with Crippen molar-refractivity contribution < 1.29 is 8.78 Å². The van der Waals surface area contributed by atoms with Crippen molar-refractivity contribution in [2.75, 3.05) is 31.1 Å². The highest BCUT2D eigenvalue weighted by molar-refractivity contribution is 5.65. The topological polar surface area (TPSA) is 67.4 Å². The maximum absolute atomic E-state index is 13.1. The third-order valence-corrected chi connectivity index (χ3v) is 5.32. The van der Waals surface area contributed by atoms with E-state index in [-0.39, 0.29) is 0 Å². The second kappa shape index (κ2) is 7.79. The Bertz CT molecular complexity index is 1130. The van der Waals surface area contributed by atoms with Gasteiger partial charge in [0.1, 0.15) is 18.0 Å². The van der Waals surface area contributed by atoms with Gasteiger partial charge in [0.25, 0.3) is 5.78 Å². The lowest BCUT2D eigenvalue weighted by molar-refractivity contribution is 0.0636. The molecule has 1 aliphatic rings. The number of aromatic nitrogens is 6. The van der Waals surface area contributed by atoms with Crippen molar-refractivity contribution in [3.63, 3.8) is 0 Å². The van der Waals surface area contributed by atoms with Gasteiger partial charge in [0.2, 0.25) is 0 Å². The van der Waals surface area contributed by atoms with Crippen LogP contribution in [0.1, 0.15) is 12.4 Å². The second-order valence-electron chi connectivity index (χ2n) is 7.13. The van der Waals surface area contributed by atoms with E-state index >= 15 is 0 Å². The zero-order chi connectivity index (χ0) is 20.5. The summed E-state index contributed by atoms with van der Waals surface area (Å²) in [6.07, 6.45) is 4.24. The average molecular weight is 410 g/mol. The van der Waals surface area contributed by atoms with Gasteiger partial charge in [-0.3, -0.25) is 9.47 Å². The van der Waals surface area contributed by atoms with Crippen molar-refractivity contribution >= 4 is 11.6 Å². The van der Waals surface area contributed by atoms with E-state index in [1.807, 2.05) is 36.4 Å². The number of imidazole rings is 1. The zero-order valence-electron chi connectivity index (χ0n) is 16.1. The van der Waals surface area contributed by atoms with Crippen LogP contribution in [0.15, 0.2) is 55.1 Å². The average Bonchev–Trinajstić information content (AvgIpc) is 3.43. The molecule has 0 radical (unpaired) electrons. The van der Waals surface area contributed by atoms with E-state index in [0.717, 1.165) is 47.8 Å². The minimum absolute atomic E-state index is 0.382. The highest BCUT2D eigenvalue weighted by Crippen LogP contribution is 2.25. The van der Waals surface area contributed by atoms with Crippen LogP contribution >= 0.6 is 0 Å². The summed E-state index contributed by atoms with van der Waals surface area (Å²) in [4.78, 5) is 17.3. The summed E-state index contributed by atoms with van der Waals surface area (Å²) in [5.74, 6) is 1.85. The normalized spacial score (nSPS) is 15.4. The van der Waals surface area contributed by atoms with Gasteiger partial charge in [-0.2, -0.15) is 23.4 Å². The Morgan fingerprint density at radius 2 is 1.80 bits per heavy atom. The molecule has 4 heterocycles. The molecule has 0 saturated carbocycles. The van der Waals surface area contributed by atoms with Crippen molar-refractivity contribution in [2.24, 2.45) is 0 Å². The molecule has 4 aromatic rings. The molecule has 0 amide bonds. The van der Waals surface area contributed by atoms with Crippen molar-refractivity contribution in [3.05, 3.63) is 60.9 Å². The summed E-state index contributed by atoms with van der Waals surface area (Å²) in [5.41, 5.74) is 1.86. The number of benzene rings is 1. The third kappa shape index (κ3) is 3.50. The Hall–Kier alpha value is -3.40. The van der Waals surface area contributed by atoms with Gasteiger partial charge in [-0.25, -0.2) is 9.97 Å². The van der Waals surface area contributed by atoms with Crippen LogP contribution in [0.3, 0.4) is 0 Å². The van der Waals surface area contributed by atoms with E-state index < -0.39 is 6.55 Å². The lowest BCUT2D eigenvalue weighted by Gasteiger charge is -2.35. The second-order valence-corrected chi connectivity index (χ2v) is 7.13. The molecular formula is C20H20F2N8. The van der Waals surface area contributed by atoms with Crippen LogP contribution in [-0.4, -0.2) is 60.2 Å². The van der Waals surface area contributed by atoms with Gasteiger partial charge in [-0.1, -0.05) is 30.3 Å². The Labute approximate surface area is 171 Å². The van der Waals surface area contributed by atoms with E-state index in [2.05, 4.69) is 29.9 Å². The summed E-state index contributed by atoms with van der Waals surface area (Å²) in [6, 6.07) is 12.0. The predicted octanol–water partition coefficient (Wildman–Crippen LogP) is 2.71. The molecule has 1 aliphatic heterocycles. The molecule has 1 aromatic carbocycles. The Kier molecular flexibility index (Phi) is 4.83. The maximum atomic E-state index is 13.1. The molecule has 30 heavy (non-hydrogen) atoms. The summed E-state index contributed by atoms with van der Waals surface area (Å²) in [6.45, 7) is 0.767. The van der Waals surface area contributed by atoms with E-state index in [0.29, 0.717) is 18.1 Å². The first-order valence-corrected chi connectivity index (χ1v) is 9.72. The van der Waals surface area contributed by atoms with E-state index in [4.69, 9.17) is 0 Å². The van der Waals surface area contributed by atoms with Crippen LogP contribution in [0.4, 0.5) is 14.6 Å². The number of alkyl halides is 2. The van der Waals surface area contributed by atoms with Gasteiger partial charge in [0.05, 0.1) is 12.2 Å². The molecule has 3 aromatic heterocycles. The zero-order valence-corrected chi connectivity index (χ0v) is 16.1. The Morgan fingerprint density at radius 1 is 1.00 bits per heavy atom. The number of halogens is 2. The molecule has 0 unspecified atom stereocenters. The molecule has 0 spiro atoms. The number of rotatable bonds is 5. The van der Waals surface area contributed by atoms with Gasteiger partial charge in [-0.15, -0.1) is 0 Å². The van der Waals surface area contributed by atoms with Crippen LogP contribution < -0.4 is 4.90 Å². The molecule has 1 saturated heterocycles. The monoisotopic (exact) mass is 410 g/mol. The van der Waals surface area contributed by atoms with E-state index in [1.54, 1.807) is 4.52 Å². The summed E-state index contributed by atoms with van der Waals surface area (Å²) in [5, 5.41) is 4.33. The highest BCUT2D eigenvalue weighted by atomic mass is 19.3. The molecule has 0 atom stereocenters. The highest BCUT2D eigenvalue weighted by Gasteiger charge is 2.23. The fraction of sp³-hybridized carbons (Fsp3) is 0.300. The Morgan fingerprint density at radius 3 is 2.57 bits per heavy atom. The van der Waals surface area contributed by atoms with Crippen molar-refractivity contribution in [2.45, 2.75) is 13.1 Å². The van der Waals surface area contributed by atoms with Gasteiger partial charge >= 0.3 is 6.55 Å². The van der Waals surface area contributed by atoms with Gasteiger partial charge < -0.3 is 4.90 Å². The summed E-state index contributed by atoms with van der Waals surface area (Å²) in [7, 11) is 0. The number of anilines is 1. The third-order valence-electron chi connectivity index (χ3n) is 5.32. The van der Waals surface area contributed by atoms with E-state index in [1.165, 1.54) is 18.7 Å². The molecular weight excluding hydrogens is 390 g/mol. The number of hydrogen-bond acceptors (Lipinski definition) is 6. The minimum Gasteiger partial charge on any atom is -0.354 e. The molecule has 8 nitrogen and oxygen atoms in total. The number of piperazine rings is 1. The van der Waals surface area contributed by atoms with Crippen LogP contribution in [0.2, 0.25) is 0 Å². The number of fused-ring (bicyclic) bond motifs is 1. The maximum Gasteiger partial charge on any atom is 0.319 e. The summed E-state index contributed by atoms with van der Waals surface area (Å²) < 4.78 is 28.8. The Balaban J connectivity index is 1.36. The van der Waals surface area contributed by atoms with Crippen molar-refractivity contribution in [1.82, 2.24) is 34.0 Å². The van der Waals surface area contributed by atoms with Crippen LogP contribution in [-0.2, 0) is 6.54 Å². The molecule has 0 aliphatic carbocycles. The first-order valence-electron chi connectivity index (χ1n) is 9.72. The van der Waals surface area contributed by atoms with Crippen molar-refractivity contribution in [1.29, 1.82) is 0 Å². The number of nitrogens with zero attached hydrogens (tertiary/aromatic N) is 8. The fourth-order valence-corrected chi connectivity index (χ4v) is 3.76. The van der Waals surface area contributed by atoms with E-state index in [9.17, 15) is 8.78 Å². The van der Waals surface area contributed by atoms with Crippen LogP contribution in [0.5, 0.6) is 0 Å². The quantitative estimate of drug-likeness (QED) is 0.504. The summed E-state index contributed by atoms with van der Waals surface area (Å²) >= 11 is 0. The fourth-order valence-electron chi connectivity index (χ4n) is 3.76. The lowest BCUT2D eigenvalue weighted by atomic mass is 10.1. The molecule has 0 bridgehead atoms. The SMILES string of the molecule is FC(F)n1ccnc1CN1CCN(c2cc(-c3ccccc3)nc3ncnn23)CC1. The van der Waals surface area contributed by atoms with Crippen LogP contribution in [0.25, 0.3) is 17.0 Å². The smallest absolute Gasteiger partial charge is 0.319 e. The van der Waals surface area contributed by atoms with Crippen LogP contribution in [0, 0.1) is 0 Å². The molecule has 154 valence electrons. The standard InChI is InChI=1S/C20H20F2N8/c21-19(22)29-7-6-23-17(29)13-27-8-10-28(11-9-27)18-12-16(15-4-2-1-3-5-15)26-20-24-14-25-30(18)20/h1-7,12,14,19H,8-11,13H2. The number of hydrogen-bond donors (Lipinski definition) is 0. The van der Waals surface area contributed by atoms with Gasteiger partial charge in [-0.05, 0) is 0 Å². The first-order chi connectivity index (χ1) is 14.7. The molecule has 5 rings (SSSR count). The van der Waals surface area contributed by atoms with Gasteiger partial charge in [0, 0.05) is 50.2 Å².